The van der Waals surface area contributed by atoms with Gasteiger partial charge in [0, 0.05) is 88.3 Å². The van der Waals surface area contributed by atoms with E-state index in [0.29, 0.717) is 16.1 Å². The molecular weight excluding hydrogens is 563 g/mol. The number of carbonyl (C=O) groups excluding carboxylic acids is 1. The molecule has 4 aliphatic rings. The number of piperidine rings is 2. The third-order valence-corrected chi connectivity index (χ3v) is 8.93. The van der Waals surface area contributed by atoms with Gasteiger partial charge >= 0.3 is 6.09 Å². The molecule has 1 N–H and O–H groups in total. The molecular formula is C29H42Cl2N8O2. The van der Waals surface area contributed by atoms with Crippen molar-refractivity contribution >= 4 is 29.3 Å². The topological polar surface area (TPSA) is 99.6 Å². The summed E-state index contributed by atoms with van der Waals surface area (Å²) in [6.45, 7) is 16.0. The van der Waals surface area contributed by atoms with Crippen molar-refractivity contribution in [2.45, 2.75) is 65.1 Å². The van der Waals surface area contributed by atoms with Gasteiger partial charge in [0.1, 0.15) is 5.60 Å². The van der Waals surface area contributed by atoms with Crippen molar-refractivity contribution < 1.29 is 9.53 Å². The van der Waals surface area contributed by atoms with Crippen LogP contribution < -0.4 is 5.32 Å². The minimum Gasteiger partial charge on any atom is -0.444 e. The molecule has 10 nitrogen and oxygen atoms in total. The lowest BCUT2D eigenvalue weighted by molar-refractivity contribution is -0.0551. The van der Waals surface area contributed by atoms with Crippen molar-refractivity contribution in [3.05, 3.63) is 46.5 Å². The summed E-state index contributed by atoms with van der Waals surface area (Å²) in [5.74, 6) is 0. The Kier molecular flexibility index (Phi) is 9.35. The first-order valence-corrected chi connectivity index (χ1v) is 15.3. The lowest BCUT2D eigenvalue weighted by Crippen LogP contribution is -2.60. The Labute approximate surface area is 253 Å². The van der Waals surface area contributed by atoms with Gasteiger partial charge in [0.25, 0.3) is 0 Å². The van der Waals surface area contributed by atoms with E-state index in [9.17, 15) is 4.79 Å². The quantitative estimate of drug-likeness (QED) is 0.512. The fraction of sp³-hybridized carbons (Fsp3) is 0.690. The predicted molar refractivity (Wildman–Crippen MR) is 159 cm³/mol. The smallest absolute Gasteiger partial charge is 0.410 e. The van der Waals surface area contributed by atoms with E-state index >= 15 is 0 Å². The van der Waals surface area contributed by atoms with Crippen LogP contribution in [0.1, 0.15) is 57.6 Å². The first-order valence-electron chi connectivity index (χ1n) is 14.6. The number of nitrogens with one attached hydrogen (secondary N) is 1. The van der Waals surface area contributed by atoms with E-state index in [0.717, 1.165) is 63.2 Å². The molecule has 1 amide bonds. The van der Waals surface area contributed by atoms with Crippen molar-refractivity contribution in [3.63, 3.8) is 0 Å². The molecule has 0 aromatic carbocycles. The molecule has 4 aliphatic heterocycles. The Morgan fingerprint density at radius 2 is 1.22 bits per heavy atom. The number of likely N-dealkylation sites (tertiary alicyclic amines) is 3. The Balaban J connectivity index is 0.000000174. The molecule has 0 unspecified atom stereocenters. The highest BCUT2D eigenvalue weighted by Crippen LogP contribution is 2.41. The number of carbonyl (C=O) groups is 1. The van der Waals surface area contributed by atoms with Crippen LogP contribution in [-0.4, -0.2) is 98.7 Å². The first-order chi connectivity index (χ1) is 19.5. The molecule has 0 bridgehead atoms. The number of amides is 1. The van der Waals surface area contributed by atoms with Crippen LogP contribution in [0.25, 0.3) is 0 Å². The van der Waals surface area contributed by atoms with E-state index in [-0.39, 0.29) is 11.4 Å². The van der Waals surface area contributed by atoms with Gasteiger partial charge < -0.3 is 15.0 Å². The molecule has 224 valence electrons. The van der Waals surface area contributed by atoms with Crippen molar-refractivity contribution in [3.8, 4) is 0 Å². The van der Waals surface area contributed by atoms with Gasteiger partial charge in [0.2, 0.25) is 10.6 Å². The maximum Gasteiger partial charge on any atom is 0.410 e. The van der Waals surface area contributed by atoms with E-state index in [2.05, 4.69) is 35.1 Å². The van der Waals surface area contributed by atoms with Crippen LogP contribution in [0.4, 0.5) is 4.79 Å². The molecule has 6 heterocycles. The molecule has 4 saturated heterocycles. The number of ether oxygens (including phenoxy) is 1. The van der Waals surface area contributed by atoms with Crippen LogP contribution >= 0.6 is 23.2 Å². The zero-order valence-electron chi connectivity index (χ0n) is 24.4. The first kappa shape index (κ1) is 30.4. The summed E-state index contributed by atoms with van der Waals surface area (Å²) >= 11 is 11.4. The molecule has 12 heteroatoms. The minimum absolute atomic E-state index is 0.188. The van der Waals surface area contributed by atoms with Crippen LogP contribution in [0.5, 0.6) is 0 Å². The van der Waals surface area contributed by atoms with Gasteiger partial charge in [-0.3, -0.25) is 9.80 Å². The lowest BCUT2D eigenvalue weighted by atomic mass is 9.72. The number of nitrogens with zero attached hydrogens (tertiary/aromatic N) is 7. The normalized spacial score (nSPS) is 21.9. The van der Waals surface area contributed by atoms with Crippen molar-refractivity contribution in [1.29, 1.82) is 0 Å². The largest absolute Gasteiger partial charge is 0.444 e. The van der Waals surface area contributed by atoms with Gasteiger partial charge in [-0.05, 0) is 93.6 Å². The van der Waals surface area contributed by atoms with Crippen LogP contribution in [0.15, 0.2) is 24.8 Å². The van der Waals surface area contributed by atoms with Crippen molar-refractivity contribution in [2.24, 2.45) is 10.8 Å². The van der Waals surface area contributed by atoms with Crippen molar-refractivity contribution in [2.75, 3.05) is 52.4 Å². The summed E-state index contributed by atoms with van der Waals surface area (Å²) < 4.78 is 5.46. The molecule has 2 aromatic rings. The van der Waals surface area contributed by atoms with Gasteiger partial charge in [-0.2, -0.15) is 0 Å². The van der Waals surface area contributed by atoms with Crippen LogP contribution in [0.2, 0.25) is 10.6 Å². The third-order valence-electron chi connectivity index (χ3n) is 8.54. The second kappa shape index (κ2) is 12.6. The fourth-order valence-corrected chi connectivity index (χ4v) is 6.66. The Morgan fingerprint density at radius 3 is 1.63 bits per heavy atom. The second-order valence-corrected chi connectivity index (χ2v) is 13.9. The standard InChI is InChI=1S/C17H25ClN4O2.C12H17ClN4/c1-16(2,3)24-15(23)22-6-4-17(5-7-22)11-21(12-17)10-13-8-19-14(18)20-9-13;13-11-15-5-10(6-16-11)7-17-8-12(9-17)1-3-14-4-2-12/h8-9H,4-7,10-12H2,1-3H3;5-6,14H,1-4,7-9H2. The average Bonchev–Trinajstić information content (AvgIpc) is 2.90. The van der Waals surface area contributed by atoms with Crippen LogP contribution in [0, 0.1) is 10.8 Å². The number of hydrogen-bond donors (Lipinski definition) is 1. The summed E-state index contributed by atoms with van der Waals surface area (Å²) in [5.41, 5.74) is 2.75. The number of aromatic nitrogens is 4. The van der Waals surface area contributed by atoms with Gasteiger partial charge in [0.15, 0.2) is 0 Å². The monoisotopic (exact) mass is 604 g/mol. The Hall–Kier alpha value is -2.11. The third kappa shape index (κ3) is 8.26. The molecule has 6 rings (SSSR count). The van der Waals surface area contributed by atoms with Gasteiger partial charge in [-0.15, -0.1) is 0 Å². The predicted octanol–water partition coefficient (Wildman–Crippen LogP) is 4.28. The van der Waals surface area contributed by atoms with E-state index in [1.807, 2.05) is 38.1 Å². The molecule has 0 aliphatic carbocycles. The zero-order chi connectivity index (χ0) is 29.1. The molecule has 41 heavy (non-hydrogen) atoms. The molecule has 0 atom stereocenters. The maximum absolute atomic E-state index is 12.1. The minimum atomic E-state index is -0.430. The van der Waals surface area contributed by atoms with E-state index < -0.39 is 5.60 Å². The SMILES string of the molecule is CC(C)(C)OC(=O)N1CCC2(CC1)CN(Cc1cnc(Cl)nc1)C2.Clc1ncc(CN2CC3(CCNCC3)C2)cn1. The second-order valence-electron chi connectivity index (χ2n) is 13.2. The molecule has 2 spiro atoms. The summed E-state index contributed by atoms with van der Waals surface area (Å²) in [4.78, 5) is 34.9. The molecule has 0 saturated carbocycles. The number of hydrogen-bond acceptors (Lipinski definition) is 9. The van der Waals surface area contributed by atoms with Gasteiger partial charge in [0.05, 0.1) is 0 Å². The summed E-state index contributed by atoms with van der Waals surface area (Å²) in [6, 6.07) is 0. The van der Waals surface area contributed by atoms with Gasteiger partial charge in [-0.25, -0.2) is 24.7 Å². The zero-order valence-corrected chi connectivity index (χ0v) is 25.9. The summed E-state index contributed by atoms with van der Waals surface area (Å²) in [6.07, 6.45) is 11.7. The van der Waals surface area contributed by atoms with Gasteiger partial charge in [-0.1, -0.05) is 0 Å². The van der Waals surface area contributed by atoms with E-state index in [1.165, 1.54) is 39.0 Å². The number of rotatable bonds is 4. The lowest BCUT2D eigenvalue weighted by Gasteiger charge is -2.54. The summed E-state index contributed by atoms with van der Waals surface area (Å²) in [7, 11) is 0. The maximum atomic E-state index is 12.1. The Bertz CT molecular complexity index is 1140. The highest BCUT2D eigenvalue weighted by molar-refractivity contribution is 6.28. The highest BCUT2D eigenvalue weighted by atomic mass is 35.5. The molecule has 2 aromatic heterocycles. The molecule has 4 fully saturated rings. The summed E-state index contributed by atoms with van der Waals surface area (Å²) in [5, 5.41) is 4.04. The van der Waals surface area contributed by atoms with E-state index in [4.69, 9.17) is 27.9 Å². The molecule has 0 radical (unpaired) electrons. The highest BCUT2D eigenvalue weighted by Gasteiger charge is 2.46. The Morgan fingerprint density at radius 1 is 0.805 bits per heavy atom. The van der Waals surface area contributed by atoms with E-state index in [1.54, 1.807) is 12.4 Å². The fourth-order valence-electron chi connectivity index (χ4n) is 6.47. The van der Waals surface area contributed by atoms with Crippen molar-refractivity contribution in [1.82, 2.24) is 40.0 Å². The number of halogens is 2. The average molecular weight is 606 g/mol. The van der Waals surface area contributed by atoms with Crippen LogP contribution in [0.3, 0.4) is 0 Å². The van der Waals surface area contributed by atoms with Crippen LogP contribution in [-0.2, 0) is 17.8 Å².